The van der Waals surface area contributed by atoms with E-state index in [2.05, 4.69) is 0 Å². The van der Waals surface area contributed by atoms with Crippen LogP contribution in [0.4, 0.5) is 4.39 Å². The molecule has 0 bridgehead atoms. The van der Waals surface area contributed by atoms with E-state index in [1.165, 1.54) is 38.2 Å². The number of hydrogen-bond acceptors (Lipinski definition) is 1. The van der Waals surface area contributed by atoms with E-state index in [-0.39, 0.29) is 11.9 Å². The lowest BCUT2D eigenvalue weighted by molar-refractivity contribution is 0.307. The summed E-state index contributed by atoms with van der Waals surface area (Å²) in [6, 6.07) is 4.95. The lowest BCUT2D eigenvalue weighted by Gasteiger charge is -2.28. The summed E-state index contributed by atoms with van der Waals surface area (Å²) in [6.07, 6.45) is 6.25. The highest BCUT2D eigenvalue weighted by Crippen LogP contribution is 2.34. The number of nitrogens with two attached hydrogens (primary N) is 1. The van der Waals surface area contributed by atoms with Crippen molar-refractivity contribution < 1.29 is 4.39 Å². The molecule has 0 aromatic heterocycles. The van der Waals surface area contributed by atoms with Crippen molar-refractivity contribution in [2.45, 2.75) is 45.1 Å². The van der Waals surface area contributed by atoms with Gasteiger partial charge in [-0.3, -0.25) is 0 Å². The average Bonchev–Trinajstić information content (AvgIpc) is 2.32. The number of halogens is 1. The fourth-order valence-corrected chi connectivity index (χ4v) is 2.72. The van der Waals surface area contributed by atoms with Gasteiger partial charge in [0.1, 0.15) is 5.82 Å². The lowest BCUT2D eigenvalue weighted by Crippen LogP contribution is -2.24. The summed E-state index contributed by atoms with van der Waals surface area (Å²) in [5.74, 6) is 0.362. The van der Waals surface area contributed by atoms with Crippen LogP contribution in [0.3, 0.4) is 0 Å². The zero-order valence-electron chi connectivity index (χ0n) is 9.88. The number of aryl methyl sites for hydroxylation is 1. The van der Waals surface area contributed by atoms with Gasteiger partial charge in [-0.25, -0.2) is 4.39 Å². The van der Waals surface area contributed by atoms with Gasteiger partial charge in [-0.15, -0.1) is 0 Å². The Morgan fingerprint density at radius 3 is 2.62 bits per heavy atom. The number of benzene rings is 1. The predicted octanol–water partition coefficient (Wildman–Crippen LogP) is 3.71. The van der Waals surface area contributed by atoms with Crippen LogP contribution in [0.15, 0.2) is 18.2 Å². The lowest BCUT2D eigenvalue weighted by atomic mass is 9.80. The second kappa shape index (κ2) is 4.96. The SMILES string of the molecule is Cc1ccc(F)cc1C(N)C1CCCCC1. The maximum Gasteiger partial charge on any atom is 0.123 e. The Morgan fingerprint density at radius 1 is 1.25 bits per heavy atom. The molecule has 1 saturated carbocycles. The highest BCUT2D eigenvalue weighted by Gasteiger charge is 2.23. The van der Waals surface area contributed by atoms with Gasteiger partial charge in [0.25, 0.3) is 0 Å². The maximum atomic E-state index is 13.2. The van der Waals surface area contributed by atoms with Crippen molar-refractivity contribution in [2.75, 3.05) is 0 Å². The molecule has 1 unspecified atom stereocenters. The zero-order valence-corrected chi connectivity index (χ0v) is 9.88. The molecule has 2 heteroatoms. The first-order valence-electron chi connectivity index (χ1n) is 6.20. The van der Waals surface area contributed by atoms with E-state index in [4.69, 9.17) is 5.73 Å². The molecular weight excluding hydrogens is 201 g/mol. The van der Waals surface area contributed by atoms with E-state index < -0.39 is 0 Å². The highest BCUT2D eigenvalue weighted by atomic mass is 19.1. The fraction of sp³-hybridized carbons (Fsp3) is 0.571. The molecule has 0 radical (unpaired) electrons. The number of hydrogen-bond donors (Lipinski definition) is 1. The van der Waals surface area contributed by atoms with E-state index in [1.54, 1.807) is 6.07 Å². The summed E-state index contributed by atoms with van der Waals surface area (Å²) in [6.45, 7) is 2.01. The van der Waals surface area contributed by atoms with Crippen LogP contribution < -0.4 is 5.73 Å². The van der Waals surface area contributed by atoms with Crippen LogP contribution in [0.1, 0.15) is 49.3 Å². The Morgan fingerprint density at radius 2 is 1.94 bits per heavy atom. The third-order valence-electron chi connectivity index (χ3n) is 3.76. The van der Waals surface area contributed by atoms with E-state index in [9.17, 15) is 4.39 Å². The molecule has 88 valence electrons. The van der Waals surface area contributed by atoms with E-state index in [0.29, 0.717) is 5.92 Å². The standard InChI is InChI=1S/C14H20FN/c1-10-7-8-12(15)9-13(10)14(16)11-5-3-2-4-6-11/h7-9,11,14H,2-6,16H2,1H3. The molecule has 0 saturated heterocycles. The van der Waals surface area contributed by atoms with Gasteiger partial charge in [0.05, 0.1) is 0 Å². The van der Waals surface area contributed by atoms with E-state index in [0.717, 1.165) is 11.1 Å². The molecule has 1 atom stereocenters. The maximum absolute atomic E-state index is 13.2. The third kappa shape index (κ3) is 2.43. The van der Waals surface area contributed by atoms with Crippen molar-refractivity contribution in [3.63, 3.8) is 0 Å². The topological polar surface area (TPSA) is 26.0 Å². The Kier molecular flexibility index (Phi) is 3.59. The summed E-state index contributed by atoms with van der Waals surface area (Å²) in [5.41, 5.74) is 8.38. The van der Waals surface area contributed by atoms with Crippen molar-refractivity contribution in [2.24, 2.45) is 11.7 Å². The van der Waals surface area contributed by atoms with Gasteiger partial charge < -0.3 is 5.73 Å². The first-order valence-corrected chi connectivity index (χ1v) is 6.20. The molecular formula is C14H20FN. The Labute approximate surface area is 96.9 Å². The van der Waals surface area contributed by atoms with Crippen molar-refractivity contribution >= 4 is 0 Å². The van der Waals surface area contributed by atoms with Crippen LogP contribution in [0.25, 0.3) is 0 Å². The summed E-state index contributed by atoms with van der Waals surface area (Å²) < 4.78 is 13.2. The molecule has 2 rings (SSSR count). The van der Waals surface area contributed by atoms with Crippen LogP contribution >= 0.6 is 0 Å². The van der Waals surface area contributed by atoms with Gasteiger partial charge >= 0.3 is 0 Å². The van der Waals surface area contributed by atoms with Crippen LogP contribution in [-0.2, 0) is 0 Å². The van der Waals surface area contributed by atoms with Gasteiger partial charge in [-0.2, -0.15) is 0 Å². The monoisotopic (exact) mass is 221 g/mol. The van der Waals surface area contributed by atoms with Crippen molar-refractivity contribution in [1.29, 1.82) is 0 Å². The Hall–Kier alpha value is -0.890. The second-order valence-electron chi connectivity index (χ2n) is 4.92. The smallest absolute Gasteiger partial charge is 0.123 e. The first-order chi connectivity index (χ1) is 7.68. The summed E-state index contributed by atoms with van der Waals surface area (Å²) >= 11 is 0. The van der Waals surface area contributed by atoms with Gasteiger partial charge in [-0.1, -0.05) is 25.3 Å². The molecule has 2 N–H and O–H groups in total. The van der Waals surface area contributed by atoms with Gasteiger partial charge in [0, 0.05) is 6.04 Å². The van der Waals surface area contributed by atoms with Gasteiger partial charge in [-0.05, 0) is 48.9 Å². The minimum atomic E-state index is -0.174. The van der Waals surface area contributed by atoms with Crippen molar-refractivity contribution in [3.05, 3.63) is 35.1 Å². The molecule has 0 amide bonds. The molecule has 1 aliphatic rings. The largest absolute Gasteiger partial charge is 0.324 e. The Bertz CT molecular complexity index is 356. The predicted molar refractivity (Wildman–Crippen MR) is 64.6 cm³/mol. The van der Waals surface area contributed by atoms with Gasteiger partial charge in [0.2, 0.25) is 0 Å². The van der Waals surface area contributed by atoms with E-state index in [1.807, 2.05) is 13.0 Å². The van der Waals surface area contributed by atoms with Gasteiger partial charge in [0.15, 0.2) is 0 Å². The minimum absolute atomic E-state index is 0.0102. The third-order valence-corrected chi connectivity index (χ3v) is 3.76. The second-order valence-corrected chi connectivity index (χ2v) is 4.92. The molecule has 16 heavy (non-hydrogen) atoms. The normalized spacial score (nSPS) is 19.7. The van der Waals surface area contributed by atoms with Crippen LogP contribution in [-0.4, -0.2) is 0 Å². The molecule has 1 nitrogen and oxygen atoms in total. The first kappa shape index (κ1) is 11.6. The Balaban J connectivity index is 2.18. The van der Waals surface area contributed by atoms with Crippen molar-refractivity contribution in [1.82, 2.24) is 0 Å². The fourth-order valence-electron chi connectivity index (χ4n) is 2.72. The molecule has 1 aromatic carbocycles. The van der Waals surface area contributed by atoms with Crippen LogP contribution in [0.5, 0.6) is 0 Å². The molecule has 0 aliphatic heterocycles. The minimum Gasteiger partial charge on any atom is -0.324 e. The molecule has 1 fully saturated rings. The molecule has 0 spiro atoms. The van der Waals surface area contributed by atoms with Crippen molar-refractivity contribution in [3.8, 4) is 0 Å². The quantitative estimate of drug-likeness (QED) is 0.809. The summed E-state index contributed by atoms with van der Waals surface area (Å²) in [4.78, 5) is 0. The highest BCUT2D eigenvalue weighted by molar-refractivity contribution is 5.29. The van der Waals surface area contributed by atoms with E-state index >= 15 is 0 Å². The zero-order chi connectivity index (χ0) is 11.5. The molecule has 0 heterocycles. The average molecular weight is 221 g/mol. The molecule has 1 aliphatic carbocycles. The molecule has 1 aromatic rings. The van der Waals surface area contributed by atoms with Crippen LogP contribution in [0, 0.1) is 18.7 Å². The number of rotatable bonds is 2. The summed E-state index contributed by atoms with van der Waals surface area (Å²) in [7, 11) is 0. The summed E-state index contributed by atoms with van der Waals surface area (Å²) in [5, 5.41) is 0. The van der Waals surface area contributed by atoms with Crippen LogP contribution in [0.2, 0.25) is 0 Å².